The minimum absolute atomic E-state index is 0.347. The number of carboxylic acids is 1. The summed E-state index contributed by atoms with van der Waals surface area (Å²) in [6, 6.07) is 2.54. The number of benzene rings is 1. The van der Waals surface area contributed by atoms with Crippen LogP contribution in [0.25, 0.3) is 0 Å². The summed E-state index contributed by atoms with van der Waals surface area (Å²) in [4.78, 5) is 10.5. The van der Waals surface area contributed by atoms with Crippen molar-refractivity contribution < 1.29 is 27.8 Å². The second-order valence-corrected chi connectivity index (χ2v) is 6.86. The first kappa shape index (κ1) is 16.5. The minimum Gasteiger partial charge on any atom is -0.478 e. The molecule has 0 bridgehead atoms. The Morgan fingerprint density at radius 2 is 1.95 bits per heavy atom. The number of likely N-dealkylation sites (N-methyl/N-ethyl adjacent to an activating group) is 1. The SMILES string of the molecule is CN(C(C)(C)CO)S(=O)(=O)c1ccc(F)c(C(=O)O)c1. The van der Waals surface area contributed by atoms with Gasteiger partial charge in [0.1, 0.15) is 5.82 Å². The molecule has 6 nitrogen and oxygen atoms in total. The van der Waals surface area contributed by atoms with Crippen molar-refractivity contribution in [3.8, 4) is 0 Å². The van der Waals surface area contributed by atoms with E-state index in [1.165, 1.54) is 20.9 Å². The maximum absolute atomic E-state index is 13.3. The van der Waals surface area contributed by atoms with Crippen molar-refractivity contribution in [1.29, 1.82) is 0 Å². The maximum atomic E-state index is 13.3. The van der Waals surface area contributed by atoms with Crippen molar-refractivity contribution in [2.24, 2.45) is 0 Å². The van der Waals surface area contributed by atoms with Crippen LogP contribution in [0.1, 0.15) is 24.2 Å². The molecule has 0 aromatic heterocycles. The van der Waals surface area contributed by atoms with Gasteiger partial charge in [-0.2, -0.15) is 4.31 Å². The van der Waals surface area contributed by atoms with Crippen molar-refractivity contribution in [3.63, 3.8) is 0 Å². The molecule has 0 saturated heterocycles. The van der Waals surface area contributed by atoms with Gasteiger partial charge in [0.05, 0.1) is 22.6 Å². The van der Waals surface area contributed by atoms with Crippen LogP contribution in [0, 0.1) is 5.82 Å². The van der Waals surface area contributed by atoms with Crippen LogP contribution in [0.4, 0.5) is 4.39 Å². The van der Waals surface area contributed by atoms with Crippen LogP contribution in [0.2, 0.25) is 0 Å². The van der Waals surface area contributed by atoms with Crippen molar-refractivity contribution in [1.82, 2.24) is 4.31 Å². The average Bonchev–Trinajstić information content (AvgIpc) is 2.37. The third-order valence-electron chi connectivity index (χ3n) is 3.07. The van der Waals surface area contributed by atoms with Gasteiger partial charge in [0.2, 0.25) is 10.0 Å². The average molecular weight is 305 g/mol. The Morgan fingerprint density at radius 3 is 2.40 bits per heavy atom. The molecule has 0 aliphatic carbocycles. The number of aliphatic hydroxyl groups excluding tert-OH is 1. The van der Waals surface area contributed by atoms with E-state index in [4.69, 9.17) is 5.11 Å². The monoisotopic (exact) mass is 305 g/mol. The number of rotatable bonds is 5. The molecule has 0 unspecified atom stereocenters. The largest absolute Gasteiger partial charge is 0.478 e. The highest BCUT2D eigenvalue weighted by Crippen LogP contribution is 2.24. The summed E-state index contributed by atoms with van der Waals surface area (Å²) in [5.74, 6) is -2.57. The second kappa shape index (κ2) is 5.47. The number of aliphatic hydroxyl groups is 1. The van der Waals surface area contributed by atoms with Gasteiger partial charge >= 0.3 is 5.97 Å². The molecule has 0 spiro atoms. The molecule has 8 heteroatoms. The fourth-order valence-electron chi connectivity index (χ4n) is 1.41. The van der Waals surface area contributed by atoms with E-state index >= 15 is 0 Å². The summed E-state index contributed by atoms with van der Waals surface area (Å²) in [5, 5.41) is 18.0. The summed E-state index contributed by atoms with van der Waals surface area (Å²) in [7, 11) is -2.78. The van der Waals surface area contributed by atoms with Crippen LogP contribution in [0.3, 0.4) is 0 Å². The number of carboxylic acid groups (broad SMARTS) is 1. The highest BCUT2D eigenvalue weighted by molar-refractivity contribution is 7.89. The van der Waals surface area contributed by atoms with Crippen molar-refractivity contribution in [3.05, 3.63) is 29.6 Å². The smallest absolute Gasteiger partial charge is 0.338 e. The fourth-order valence-corrected chi connectivity index (χ4v) is 2.94. The summed E-state index contributed by atoms with van der Waals surface area (Å²) in [6.45, 7) is 2.59. The van der Waals surface area contributed by atoms with Gasteiger partial charge < -0.3 is 10.2 Å². The lowest BCUT2D eigenvalue weighted by atomic mass is 10.1. The molecule has 2 N–H and O–H groups in total. The lowest BCUT2D eigenvalue weighted by molar-refractivity contribution is 0.0691. The molecule has 0 radical (unpaired) electrons. The molecule has 20 heavy (non-hydrogen) atoms. The van der Waals surface area contributed by atoms with Gasteiger partial charge in [-0.1, -0.05) is 0 Å². The Bertz CT molecular complexity index is 627. The van der Waals surface area contributed by atoms with Gasteiger partial charge in [-0.15, -0.1) is 0 Å². The molecule has 0 saturated carbocycles. The third-order valence-corrected chi connectivity index (χ3v) is 5.13. The topological polar surface area (TPSA) is 94.9 Å². The minimum atomic E-state index is -4.04. The number of nitrogens with zero attached hydrogens (tertiary/aromatic N) is 1. The highest BCUT2D eigenvalue weighted by atomic mass is 32.2. The number of sulfonamides is 1. The number of carbonyl (C=O) groups is 1. The van der Waals surface area contributed by atoms with Gasteiger partial charge in [0.25, 0.3) is 0 Å². The van der Waals surface area contributed by atoms with Crippen LogP contribution >= 0.6 is 0 Å². The van der Waals surface area contributed by atoms with Gasteiger partial charge in [0.15, 0.2) is 0 Å². The first-order valence-corrected chi connectivity index (χ1v) is 7.11. The van der Waals surface area contributed by atoms with Crippen molar-refractivity contribution in [2.75, 3.05) is 13.7 Å². The fraction of sp³-hybridized carbons (Fsp3) is 0.417. The number of halogens is 1. The molecule has 1 rings (SSSR count). The Hall–Kier alpha value is -1.51. The summed E-state index contributed by atoms with van der Waals surface area (Å²) in [6.07, 6.45) is 0. The van der Waals surface area contributed by atoms with E-state index in [0.717, 1.165) is 22.5 Å². The second-order valence-electron chi connectivity index (χ2n) is 4.89. The molecule has 0 aliphatic heterocycles. The van der Waals surface area contributed by atoms with Crippen LogP contribution in [0.5, 0.6) is 0 Å². The Morgan fingerprint density at radius 1 is 1.40 bits per heavy atom. The Balaban J connectivity index is 3.37. The van der Waals surface area contributed by atoms with Crippen LogP contribution in [-0.2, 0) is 10.0 Å². The maximum Gasteiger partial charge on any atom is 0.338 e. The van der Waals surface area contributed by atoms with Gasteiger partial charge in [-0.3, -0.25) is 0 Å². The predicted octanol–water partition coefficient (Wildman–Crippen LogP) is 0.915. The van der Waals surface area contributed by atoms with E-state index in [-0.39, 0.29) is 4.90 Å². The number of aromatic carboxylic acids is 1. The first-order chi connectivity index (χ1) is 9.04. The zero-order chi connectivity index (χ0) is 15.7. The quantitative estimate of drug-likeness (QED) is 0.843. The zero-order valence-electron chi connectivity index (χ0n) is 11.3. The van der Waals surface area contributed by atoms with E-state index in [0.29, 0.717) is 0 Å². The molecule has 112 valence electrons. The van der Waals surface area contributed by atoms with E-state index in [9.17, 15) is 22.7 Å². The van der Waals surface area contributed by atoms with E-state index in [1.54, 1.807) is 0 Å². The van der Waals surface area contributed by atoms with Crippen LogP contribution in [-0.4, -0.2) is 48.1 Å². The molecular formula is C12H16FNO5S. The molecule has 0 fully saturated rings. The van der Waals surface area contributed by atoms with Crippen LogP contribution < -0.4 is 0 Å². The van der Waals surface area contributed by atoms with Crippen LogP contribution in [0.15, 0.2) is 23.1 Å². The van der Waals surface area contributed by atoms with E-state index in [1.807, 2.05) is 0 Å². The van der Waals surface area contributed by atoms with E-state index in [2.05, 4.69) is 0 Å². The van der Waals surface area contributed by atoms with Crippen molar-refractivity contribution >= 4 is 16.0 Å². The predicted molar refractivity (Wildman–Crippen MR) is 69.5 cm³/mol. The Kier molecular flexibility index (Phi) is 4.52. The highest BCUT2D eigenvalue weighted by Gasteiger charge is 2.34. The summed E-state index contributed by atoms with van der Waals surface area (Å²) >= 11 is 0. The summed E-state index contributed by atoms with van der Waals surface area (Å²) in [5.41, 5.74) is -1.79. The standard InChI is InChI=1S/C12H16FNO5S/c1-12(2,7-15)14(3)20(18,19)8-4-5-10(13)9(6-8)11(16)17/h4-6,15H,7H2,1-3H3,(H,16,17). The molecule has 0 heterocycles. The summed E-state index contributed by atoms with van der Waals surface area (Å²) < 4.78 is 38.8. The van der Waals surface area contributed by atoms with Gasteiger partial charge in [-0.25, -0.2) is 17.6 Å². The van der Waals surface area contributed by atoms with Gasteiger partial charge in [-0.05, 0) is 32.0 Å². The molecule has 1 aromatic rings. The molecule has 1 aromatic carbocycles. The molecule has 0 aliphatic rings. The number of hydrogen-bond donors (Lipinski definition) is 2. The van der Waals surface area contributed by atoms with E-state index < -0.39 is 39.5 Å². The van der Waals surface area contributed by atoms with Crippen molar-refractivity contribution in [2.45, 2.75) is 24.3 Å². The molecule has 0 amide bonds. The molecule has 0 atom stereocenters. The third kappa shape index (κ3) is 2.97. The molecular weight excluding hydrogens is 289 g/mol. The zero-order valence-corrected chi connectivity index (χ0v) is 12.1. The Labute approximate surface area is 116 Å². The van der Waals surface area contributed by atoms with Gasteiger partial charge in [0, 0.05) is 7.05 Å². The lowest BCUT2D eigenvalue weighted by Gasteiger charge is -2.32. The lowest BCUT2D eigenvalue weighted by Crippen LogP contribution is -2.47. The number of hydrogen-bond acceptors (Lipinski definition) is 4. The normalized spacial score (nSPS) is 12.7. The first-order valence-electron chi connectivity index (χ1n) is 5.67.